The second-order valence-electron chi connectivity index (χ2n) is 3.43. The van der Waals surface area contributed by atoms with Gasteiger partial charge in [-0.25, -0.2) is 4.98 Å². The number of hydrogen-bond donors (Lipinski definition) is 1. The summed E-state index contributed by atoms with van der Waals surface area (Å²) in [7, 11) is 0. The maximum Gasteiger partial charge on any atom is 0.310 e. The molecule has 0 bridgehead atoms. The third-order valence-corrected chi connectivity index (χ3v) is 2.09. The smallest absolute Gasteiger partial charge is 0.310 e. The van der Waals surface area contributed by atoms with Crippen molar-refractivity contribution in [3.63, 3.8) is 0 Å². The second kappa shape index (κ2) is 6.12. The predicted molar refractivity (Wildman–Crippen MR) is 67.9 cm³/mol. The van der Waals surface area contributed by atoms with Crippen LogP contribution in [0.4, 0.5) is 10.1 Å². The molecule has 0 radical (unpaired) electrons. The van der Waals surface area contributed by atoms with Gasteiger partial charge >= 0.3 is 6.02 Å². The number of aromatic nitrogens is 1. The molecule has 0 amide bonds. The molecule has 0 unspecified atom stereocenters. The number of benzene rings is 1. The monoisotopic (exact) mass is 256 g/mol. The third kappa shape index (κ3) is 3.78. The molecule has 0 saturated carbocycles. The zero-order valence-electron chi connectivity index (χ0n) is 9.75. The highest BCUT2D eigenvalue weighted by Crippen LogP contribution is 2.11. The van der Waals surface area contributed by atoms with Crippen LogP contribution in [0.15, 0.2) is 53.7 Å². The molecule has 1 aromatic carbocycles. The summed E-state index contributed by atoms with van der Waals surface area (Å²) in [6, 6.07) is 11.5. The summed E-state index contributed by atoms with van der Waals surface area (Å²) in [5.74, 6) is -0.0626. The van der Waals surface area contributed by atoms with Gasteiger partial charge in [0.25, 0.3) is 0 Å². The number of hydrogen-bond acceptors (Lipinski definition) is 4. The molecule has 2 aromatic rings. The SMILES string of the molecule is N#C/N=C(/Nc1ccc(F)nc1)Oc1ccccc1. The van der Waals surface area contributed by atoms with Crippen LogP contribution in [0.2, 0.25) is 0 Å². The molecule has 0 aliphatic rings. The largest absolute Gasteiger partial charge is 0.425 e. The minimum atomic E-state index is -0.590. The summed E-state index contributed by atoms with van der Waals surface area (Å²) in [6.07, 6.45) is 2.90. The van der Waals surface area contributed by atoms with Crippen molar-refractivity contribution in [2.75, 3.05) is 5.32 Å². The van der Waals surface area contributed by atoms with E-state index in [9.17, 15) is 4.39 Å². The van der Waals surface area contributed by atoms with Crippen LogP contribution in [-0.4, -0.2) is 11.0 Å². The maximum absolute atomic E-state index is 12.7. The number of para-hydroxylation sites is 1. The molecule has 0 spiro atoms. The molecule has 6 heteroatoms. The average Bonchev–Trinajstić information content (AvgIpc) is 2.43. The summed E-state index contributed by atoms with van der Waals surface area (Å²) >= 11 is 0. The molecule has 2 rings (SSSR count). The molecule has 19 heavy (non-hydrogen) atoms. The minimum Gasteiger partial charge on any atom is -0.425 e. The Kier molecular flexibility index (Phi) is 4.03. The van der Waals surface area contributed by atoms with Crippen LogP contribution < -0.4 is 10.1 Å². The maximum atomic E-state index is 12.7. The number of nitrogens with one attached hydrogen (secondary N) is 1. The second-order valence-corrected chi connectivity index (χ2v) is 3.43. The van der Waals surface area contributed by atoms with Crippen molar-refractivity contribution < 1.29 is 9.13 Å². The molecular formula is C13H9FN4O. The van der Waals surface area contributed by atoms with E-state index in [1.807, 2.05) is 6.07 Å². The van der Waals surface area contributed by atoms with E-state index in [1.54, 1.807) is 30.5 Å². The van der Waals surface area contributed by atoms with Gasteiger partial charge in [0.1, 0.15) is 5.75 Å². The van der Waals surface area contributed by atoms with Crippen molar-refractivity contribution in [2.24, 2.45) is 4.99 Å². The van der Waals surface area contributed by atoms with Gasteiger partial charge in [-0.05, 0) is 24.3 Å². The van der Waals surface area contributed by atoms with Gasteiger partial charge in [-0.15, -0.1) is 4.99 Å². The van der Waals surface area contributed by atoms with Crippen molar-refractivity contribution >= 4 is 11.7 Å². The van der Waals surface area contributed by atoms with Gasteiger partial charge in [0.15, 0.2) is 0 Å². The van der Waals surface area contributed by atoms with E-state index in [2.05, 4.69) is 15.3 Å². The molecular weight excluding hydrogens is 247 g/mol. The number of rotatable bonds is 2. The zero-order valence-corrected chi connectivity index (χ0v) is 9.75. The summed E-state index contributed by atoms with van der Waals surface area (Å²) in [4.78, 5) is 6.98. The number of amidine groups is 1. The van der Waals surface area contributed by atoms with Crippen LogP contribution in [0.1, 0.15) is 0 Å². The van der Waals surface area contributed by atoms with E-state index in [1.165, 1.54) is 18.3 Å². The molecule has 1 N–H and O–H groups in total. The molecule has 94 valence electrons. The predicted octanol–water partition coefficient (Wildman–Crippen LogP) is 2.55. The van der Waals surface area contributed by atoms with Gasteiger partial charge in [-0.1, -0.05) is 18.2 Å². The summed E-state index contributed by atoms with van der Waals surface area (Å²) in [5, 5.41) is 11.3. The molecule has 0 saturated heterocycles. The topological polar surface area (TPSA) is 70.3 Å². The summed E-state index contributed by atoms with van der Waals surface area (Å²) in [5.41, 5.74) is 0.464. The van der Waals surface area contributed by atoms with E-state index in [0.717, 1.165) is 0 Å². The Morgan fingerprint density at radius 1 is 1.26 bits per heavy atom. The van der Waals surface area contributed by atoms with Gasteiger partial charge in [-0.2, -0.15) is 9.65 Å². The molecule has 1 aromatic heterocycles. The Bertz CT molecular complexity index is 605. The molecule has 5 nitrogen and oxygen atoms in total. The van der Waals surface area contributed by atoms with Crippen LogP contribution in [0.25, 0.3) is 0 Å². The number of pyridine rings is 1. The third-order valence-electron chi connectivity index (χ3n) is 2.09. The van der Waals surface area contributed by atoms with Gasteiger partial charge in [-0.3, -0.25) is 0 Å². The Hall–Kier alpha value is -2.94. The fourth-order valence-electron chi connectivity index (χ4n) is 1.30. The lowest BCUT2D eigenvalue weighted by molar-refractivity contribution is 0.549. The van der Waals surface area contributed by atoms with Gasteiger partial charge in [0, 0.05) is 0 Å². The highest BCUT2D eigenvalue weighted by molar-refractivity contribution is 5.90. The molecule has 0 fully saturated rings. The van der Waals surface area contributed by atoms with Crippen LogP contribution in [0.5, 0.6) is 5.75 Å². The lowest BCUT2D eigenvalue weighted by atomic mass is 10.3. The fourth-order valence-corrected chi connectivity index (χ4v) is 1.30. The molecule has 1 heterocycles. The Labute approximate surface area is 109 Å². The molecule has 0 aliphatic carbocycles. The number of ether oxygens (including phenoxy) is 1. The van der Waals surface area contributed by atoms with Crippen molar-refractivity contribution in [1.82, 2.24) is 4.98 Å². The number of halogens is 1. The van der Waals surface area contributed by atoms with Crippen molar-refractivity contribution in [2.45, 2.75) is 0 Å². The lowest BCUT2D eigenvalue weighted by Gasteiger charge is -2.09. The van der Waals surface area contributed by atoms with Gasteiger partial charge in [0.2, 0.25) is 12.1 Å². The highest BCUT2D eigenvalue weighted by Gasteiger charge is 2.04. The average molecular weight is 256 g/mol. The van der Waals surface area contributed by atoms with E-state index < -0.39 is 5.95 Å². The Morgan fingerprint density at radius 2 is 2.05 bits per heavy atom. The Morgan fingerprint density at radius 3 is 2.68 bits per heavy atom. The first-order valence-corrected chi connectivity index (χ1v) is 5.36. The first-order chi connectivity index (χ1) is 9.28. The first kappa shape index (κ1) is 12.5. The van der Waals surface area contributed by atoms with E-state index in [-0.39, 0.29) is 6.02 Å². The zero-order chi connectivity index (χ0) is 13.5. The van der Waals surface area contributed by atoms with Gasteiger partial charge in [0.05, 0.1) is 11.9 Å². The Balaban J connectivity index is 2.11. The van der Waals surface area contributed by atoms with E-state index in [0.29, 0.717) is 11.4 Å². The molecule has 0 aliphatic heterocycles. The van der Waals surface area contributed by atoms with Crippen molar-refractivity contribution in [3.8, 4) is 11.9 Å². The van der Waals surface area contributed by atoms with Crippen LogP contribution in [-0.2, 0) is 0 Å². The summed E-state index contributed by atoms with van der Waals surface area (Å²) < 4.78 is 18.1. The number of nitriles is 1. The van der Waals surface area contributed by atoms with Crippen LogP contribution in [0, 0.1) is 17.4 Å². The quantitative estimate of drug-likeness (QED) is 0.388. The van der Waals surface area contributed by atoms with Crippen LogP contribution >= 0.6 is 0 Å². The van der Waals surface area contributed by atoms with Crippen molar-refractivity contribution in [1.29, 1.82) is 5.26 Å². The first-order valence-electron chi connectivity index (χ1n) is 5.36. The summed E-state index contributed by atoms with van der Waals surface area (Å²) in [6.45, 7) is 0. The number of anilines is 1. The normalized spacial score (nSPS) is 10.6. The van der Waals surface area contributed by atoms with E-state index >= 15 is 0 Å². The highest BCUT2D eigenvalue weighted by atomic mass is 19.1. The van der Waals surface area contributed by atoms with E-state index in [4.69, 9.17) is 10.00 Å². The standard InChI is InChI=1S/C13H9FN4O/c14-12-7-6-10(8-16-12)18-13(17-9-15)19-11-4-2-1-3-5-11/h1-8H,(H,17,18). The van der Waals surface area contributed by atoms with Crippen molar-refractivity contribution in [3.05, 3.63) is 54.6 Å². The van der Waals surface area contributed by atoms with Crippen LogP contribution in [0.3, 0.4) is 0 Å². The number of nitrogens with zero attached hydrogens (tertiary/aromatic N) is 3. The van der Waals surface area contributed by atoms with Gasteiger partial charge < -0.3 is 10.1 Å². The lowest BCUT2D eigenvalue weighted by Crippen LogP contribution is -2.19. The fraction of sp³-hybridized carbons (Fsp3) is 0. The molecule has 0 atom stereocenters. The minimum absolute atomic E-state index is 0.0119. The number of aliphatic imine (C=N–C) groups is 1.